The standard InChI is InChI=1S/C14H10Cl2N2O2S/c1-8-7-21-14(18-8)9(5-17)11(19)6-20-12-4-2-3-10(15)13(12)16/h2-4,7,9H,6H2,1H3. The molecular weight excluding hydrogens is 331 g/mol. The third-order valence-corrected chi connectivity index (χ3v) is 4.45. The average molecular weight is 341 g/mol. The van der Waals surface area contributed by atoms with Crippen LogP contribution in [0.5, 0.6) is 5.75 Å². The second-order valence-corrected chi connectivity index (χ2v) is 5.87. The van der Waals surface area contributed by atoms with Gasteiger partial charge in [-0.3, -0.25) is 4.79 Å². The molecule has 0 N–H and O–H groups in total. The highest BCUT2D eigenvalue weighted by molar-refractivity contribution is 7.09. The van der Waals surface area contributed by atoms with Gasteiger partial charge in [0.15, 0.2) is 11.7 Å². The summed E-state index contributed by atoms with van der Waals surface area (Å²) in [6, 6.07) is 6.85. The van der Waals surface area contributed by atoms with Crippen LogP contribution < -0.4 is 4.74 Å². The average Bonchev–Trinajstić information content (AvgIpc) is 2.87. The van der Waals surface area contributed by atoms with Gasteiger partial charge in [0.25, 0.3) is 0 Å². The predicted octanol–water partition coefficient (Wildman–Crippen LogP) is 4.01. The van der Waals surface area contributed by atoms with Gasteiger partial charge < -0.3 is 4.74 Å². The van der Waals surface area contributed by atoms with E-state index in [0.29, 0.717) is 15.8 Å². The molecule has 0 aliphatic heterocycles. The van der Waals surface area contributed by atoms with Crippen LogP contribution in [-0.4, -0.2) is 17.4 Å². The molecule has 0 saturated heterocycles. The monoisotopic (exact) mass is 340 g/mol. The molecule has 0 aliphatic rings. The zero-order valence-electron chi connectivity index (χ0n) is 11.0. The molecule has 4 nitrogen and oxygen atoms in total. The highest BCUT2D eigenvalue weighted by Gasteiger charge is 2.24. The maximum Gasteiger partial charge on any atom is 0.194 e. The van der Waals surface area contributed by atoms with Crippen molar-refractivity contribution >= 4 is 40.3 Å². The summed E-state index contributed by atoms with van der Waals surface area (Å²) in [7, 11) is 0. The lowest BCUT2D eigenvalue weighted by molar-refractivity contribution is -0.121. The molecule has 0 spiro atoms. The molecule has 2 rings (SSSR count). The number of rotatable bonds is 5. The second kappa shape index (κ2) is 6.90. The number of aryl methyl sites for hydroxylation is 1. The molecule has 1 aromatic heterocycles. The minimum atomic E-state index is -0.929. The van der Waals surface area contributed by atoms with Crippen LogP contribution in [0.4, 0.5) is 0 Å². The molecule has 1 heterocycles. The summed E-state index contributed by atoms with van der Waals surface area (Å²) in [4.78, 5) is 16.3. The Morgan fingerprint density at radius 3 is 2.90 bits per heavy atom. The van der Waals surface area contributed by atoms with Gasteiger partial charge in [0.05, 0.1) is 11.1 Å². The fourth-order valence-electron chi connectivity index (χ4n) is 1.60. The number of carbonyl (C=O) groups excluding carboxylic acids is 1. The van der Waals surface area contributed by atoms with Gasteiger partial charge in [0.1, 0.15) is 22.4 Å². The Kier molecular flexibility index (Phi) is 5.18. The Labute approximate surface area is 135 Å². The van der Waals surface area contributed by atoms with E-state index >= 15 is 0 Å². The molecule has 1 atom stereocenters. The van der Waals surface area contributed by atoms with E-state index < -0.39 is 5.92 Å². The highest BCUT2D eigenvalue weighted by atomic mass is 35.5. The quantitative estimate of drug-likeness (QED) is 0.824. The molecule has 2 aromatic rings. The van der Waals surface area contributed by atoms with E-state index in [-0.39, 0.29) is 17.4 Å². The van der Waals surface area contributed by atoms with Crippen molar-refractivity contribution in [3.8, 4) is 11.8 Å². The summed E-state index contributed by atoms with van der Waals surface area (Å²) < 4.78 is 5.35. The van der Waals surface area contributed by atoms with E-state index in [9.17, 15) is 4.79 Å². The van der Waals surface area contributed by atoms with Gasteiger partial charge >= 0.3 is 0 Å². The maximum atomic E-state index is 12.1. The van der Waals surface area contributed by atoms with Crippen LogP contribution in [0.1, 0.15) is 16.6 Å². The van der Waals surface area contributed by atoms with E-state index in [1.165, 1.54) is 11.3 Å². The summed E-state index contributed by atoms with van der Waals surface area (Å²) in [6.07, 6.45) is 0. The van der Waals surface area contributed by atoms with E-state index in [1.807, 2.05) is 6.07 Å². The Balaban J connectivity index is 2.07. The van der Waals surface area contributed by atoms with E-state index in [0.717, 1.165) is 5.69 Å². The molecular formula is C14H10Cl2N2O2S. The van der Waals surface area contributed by atoms with Gasteiger partial charge in [0, 0.05) is 11.1 Å². The molecule has 21 heavy (non-hydrogen) atoms. The van der Waals surface area contributed by atoms with Gasteiger partial charge in [-0.2, -0.15) is 5.26 Å². The van der Waals surface area contributed by atoms with Crippen molar-refractivity contribution in [1.82, 2.24) is 4.98 Å². The van der Waals surface area contributed by atoms with Crippen LogP contribution in [-0.2, 0) is 4.79 Å². The highest BCUT2D eigenvalue weighted by Crippen LogP contribution is 2.31. The lowest BCUT2D eigenvalue weighted by Crippen LogP contribution is -2.19. The molecule has 1 unspecified atom stereocenters. The first-order valence-electron chi connectivity index (χ1n) is 5.94. The first-order chi connectivity index (χ1) is 10.0. The van der Waals surface area contributed by atoms with Gasteiger partial charge in [-0.15, -0.1) is 11.3 Å². The molecule has 1 aromatic carbocycles. The number of nitrogens with zero attached hydrogens (tertiary/aromatic N) is 2. The van der Waals surface area contributed by atoms with E-state index in [1.54, 1.807) is 30.5 Å². The minimum Gasteiger partial charge on any atom is -0.484 e. The molecule has 0 aliphatic carbocycles. The smallest absolute Gasteiger partial charge is 0.194 e. The summed E-state index contributed by atoms with van der Waals surface area (Å²) >= 11 is 13.1. The number of halogens is 2. The number of ketones is 1. The number of aromatic nitrogens is 1. The zero-order valence-corrected chi connectivity index (χ0v) is 13.3. The molecule has 0 bridgehead atoms. The number of carbonyl (C=O) groups is 1. The largest absolute Gasteiger partial charge is 0.484 e. The lowest BCUT2D eigenvalue weighted by atomic mass is 10.1. The van der Waals surface area contributed by atoms with Gasteiger partial charge in [0.2, 0.25) is 0 Å². The van der Waals surface area contributed by atoms with Gasteiger partial charge in [-0.05, 0) is 19.1 Å². The van der Waals surface area contributed by atoms with Gasteiger partial charge in [-0.25, -0.2) is 4.98 Å². The number of benzene rings is 1. The number of hydrogen-bond acceptors (Lipinski definition) is 5. The number of ether oxygens (including phenoxy) is 1. The molecule has 0 saturated carbocycles. The third kappa shape index (κ3) is 3.73. The summed E-state index contributed by atoms with van der Waals surface area (Å²) in [6.45, 7) is 1.54. The molecule has 0 fully saturated rings. The van der Waals surface area contributed by atoms with Crippen LogP contribution in [0.25, 0.3) is 0 Å². The van der Waals surface area contributed by atoms with Crippen LogP contribution in [0, 0.1) is 18.3 Å². The second-order valence-electron chi connectivity index (χ2n) is 4.20. The third-order valence-electron chi connectivity index (χ3n) is 2.62. The van der Waals surface area contributed by atoms with Crippen LogP contribution in [0.15, 0.2) is 23.6 Å². The summed E-state index contributed by atoms with van der Waals surface area (Å²) in [5.74, 6) is -0.992. The Morgan fingerprint density at radius 2 is 2.29 bits per heavy atom. The first kappa shape index (κ1) is 15.8. The minimum absolute atomic E-state index is 0.241. The van der Waals surface area contributed by atoms with E-state index in [2.05, 4.69) is 4.98 Å². The molecule has 0 radical (unpaired) electrons. The first-order valence-corrected chi connectivity index (χ1v) is 7.57. The maximum absolute atomic E-state index is 12.1. The topological polar surface area (TPSA) is 63.0 Å². The van der Waals surface area contributed by atoms with Crippen LogP contribution in [0.3, 0.4) is 0 Å². The Hall–Kier alpha value is -1.61. The Morgan fingerprint density at radius 1 is 1.52 bits per heavy atom. The number of Topliss-reactive ketones (excluding diaryl/α,β-unsaturated/α-hetero) is 1. The molecule has 108 valence electrons. The molecule has 0 amide bonds. The molecule has 7 heteroatoms. The normalized spacial score (nSPS) is 11.7. The number of nitriles is 1. The SMILES string of the molecule is Cc1csc(C(C#N)C(=O)COc2cccc(Cl)c2Cl)n1. The number of thiazole rings is 1. The van der Waals surface area contributed by atoms with Crippen molar-refractivity contribution < 1.29 is 9.53 Å². The van der Waals surface area contributed by atoms with Crippen molar-refractivity contribution in [3.05, 3.63) is 44.3 Å². The van der Waals surface area contributed by atoms with Gasteiger partial charge in [-0.1, -0.05) is 29.3 Å². The Bertz CT molecular complexity index is 709. The van der Waals surface area contributed by atoms with Crippen LogP contribution in [0.2, 0.25) is 10.0 Å². The van der Waals surface area contributed by atoms with Crippen molar-refractivity contribution in [1.29, 1.82) is 5.26 Å². The zero-order chi connectivity index (χ0) is 15.4. The fraction of sp³-hybridized carbons (Fsp3) is 0.214. The lowest BCUT2D eigenvalue weighted by Gasteiger charge is -2.09. The van der Waals surface area contributed by atoms with Crippen molar-refractivity contribution in [2.75, 3.05) is 6.61 Å². The number of hydrogen-bond donors (Lipinski definition) is 0. The van der Waals surface area contributed by atoms with Crippen molar-refractivity contribution in [2.45, 2.75) is 12.8 Å². The van der Waals surface area contributed by atoms with Crippen molar-refractivity contribution in [3.63, 3.8) is 0 Å². The fourth-order valence-corrected chi connectivity index (χ4v) is 2.80. The summed E-state index contributed by atoms with van der Waals surface area (Å²) in [5, 5.41) is 12.0. The predicted molar refractivity (Wildman–Crippen MR) is 82.2 cm³/mol. The summed E-state index contributed by atoms with van der Waals surface area (Å²) in [5.41, 5.74) is 0.779. The van der Waals surface area contributed by atoms with E-state index in [4.69, 9.17) is 33.2 Å². The van der Waals surface area contributed by atoms with Crippen LogP contribution >= 0.6 is 34.5 Å². The van der Waals surface area contributed by atoms with Crippen molar-refractivity contribution in [2.24, 2.45) is 0 Å².